The zero-order valence-corrected chi connectivity index (χ0v) is 7.70. The Kier molecular flexibility index (Phi) is 3.48. The topological polar surface area (TPSA) is 114 Å². The van der Waals surface area contributed by atoms with Crippen molar-refractivity contribution >= 4 is 12.2 Å². The molecule has 1 rings (SSSR count). The molecule has 2 unspecified atom stereocenters. The van der Waals surface area contributed by atoms with Crippen LogP contribution in [0.25, 0.3) is 0 Å². The Labute approximate surface area is 85.4 Å². The van der Waals surface area contributed by atoms with Crippen molar-refractivity contribution in [2.24, 2.45) is 5.73 Å². The van der Waals surface area contributed by atoms with E-state index in [0.717, 1.165) is 0 Å². The number of nitrogens with zero attached hydrogens (tertiary/aromatic N) is 1. The summed E-state index contributed by atoms with van der Waals surface area (Å²) in [5.41, 5.74) is 5.11. The number of rotatable bonds is 4. The Morgan fingerprint density at radius 2 is 2.20 bits per heavy atom. The van der Waals surface area contributed by atoms with Crippen LogP contribution in [0, 0.1) is 0 Å². The summed E-state index contributed by atoms with van der Waals surface area (Å²) in [6.07, 6.45) is -1.41. The van der Waals surface area contributed by atoms with Gasteiger partial charge in [0.25, 0.3) is 0 Å². The predicted octanol–water partition coefficient (Wildman–Crippen LogP) is -1.23. The zero-order chi connectivity index (χ0) is 11.4. The van der Waals surface area contributed by atoms with Crippen LogP contribution in [0.3, 0.4) is 0 Å². The molecule has 0 saturated carbocycles. The minimum absolute atomic E-state index is 0.0194. The average Bonchev–Trinajstić information content (AvgIpc) is 2.27. The highest BCUT2D eigenvalue weighted by Crippen LogP contribution is 2.14. The van der Waals surface area contributed by atoms with Crippen LogP contribution in [0.15, 0.2) is 18.3 Å². The lowest BCUT2D eigenvalue weighted by molar-refractivity contribution is -0.132. The highest BCUT2D eigenvalue weighted by molar-refractivity contribution is 5.79. The van der Waals surface area contributed by atoms with Crippen molar-refractivity contribution in [2.45, 2.75) is 12.2 Å². The number of aliphatic hydroxyl groups excluding tert-OH is 2. The van der Waals surface area contributed by atoms with Gasteiger partial charge in [-0.15, -0.1) is 0 Å². The van der Waals surface area contributed by atoms with Crippen LogP contribution >= 0.6 is 0 Å². The minimum Gasteiger partial charge on any atom is -0.384 e. The zero-order valence-electron chi connectivity index (χ0n) is 7.70. The van der Waals surface area contributed by atoms with E-state index in [1.807, 2.05) is 0 Å². The first-order valence-electron chi connectivity index (χ1n) is 4.13. The van der Waals surface area contributed by atoms with Crippen molar-refractivity contribution in [3.05, 3.63) is 29.6 Å². The molecule has 15 heavy (non-hydrogen) atoms. The second-order valence-electron chi connectivity index (χ2n) is 2.92. The molecule has 80 valence electrons. The molecule has 0 aromatic carbocycles. The van der Waals surface area contributed by atoms with Crippen LogP contribution < -0.4 is 5.73 Å². The molecule has 0 radical (unpaired) electrons. The Balaban J connectivity index is 2.95. The van der Waals surface area contributed by atoms with E-state index in [9.17, 15) is 14.7 Å². The Hall–Kier alpha value is -1.79. The smallest absolute Gasteiger partial charge is 0.249 e. The number of aromatic nitrogens is 1. The number of nitrogens with two attached hydrogens (primary N) is 1. The van der Waals surface area contributed by atoms with Crippen molar-refractivity contribution in [1.29, 1.82) is 0 Å². The van der Waals surface area contributed by atoms with Crippen LogP contribution in [-0.2, 0) is 4.79 Å². The van der Waals surface area contributed by atoms with E-state index in [1.54, 1.807) is 0 Å². The molecule has 0 saturated heterocycles. The summed E-state index contributed by atoms with van der Waals surface area (Å²) in [6, 6.07) is 2.70. The number of carbonyl (C=O) groups is 2. The lowest BCUT2D eigenvalue weighted by Gasteiger charge is -2.13. The summed E-state index contributed by atoms with van der Waals surface area (Å²) in [4.78, 5) is 24.7. The summed E-state index contributed by atoms with van der Waals surface area (Å²) in [6.45, 7) is 0. The van der Waals surface area contributed by atoms with E-state index in [1.165, 1.54) is 18.3 Å². The molecule has 6 nitrogen and oxygen atoms in total. The first-order chi connectivity index (χ1) is 7.06. The molecule has 1 aromatic rings. The fourth-order valence-electron chi connectivity index (χ4n) is 1.02. The lowest BCUT2D eigenvalue weighted by Crippen LogP contribution is -2.34. The van der Waals surface area contributed by atoms with Crippen LogP contribution in [0.4, 0.5) is 0 Å². The number of amides is 1. The molecule has 4 N–H and O–H groups in total. The Morgan fingerprint density at radius 1 is 1.53 bits per heavy atom. The number of carbonyl (C=O) groups excluding carboxylic acids is 2. The first-order valence-corrected chi connectivity index (χ1v) is 4.13. The fourth-order valence-corrected chi connectivity index (χ4v) is 1.02. The molecule has 0 aliphatic rings. The first kappa shape index (κ1) is 11.3. The van der Waals surface area contributed by atoms with Crippen LogP contribution in [0.1, 0.15) is 22.2 Å². The van der Waals surface area contributed by atoms with E-state index in [0.29, 0.717) is 6.29 Å². The highest BCUT2D eigenvalue weighted by Gasteiger charge is 2.24. The van der Waals surface area contributed by atoms with Gasteiger partial charge >= 0.3 is 0 Å². The predicted molar refractivity (Wildman–Crippen MR) is 49.8 cm³/mol. The van der Waals surface area contributed by atoms with Crippen molar-refractivity contribution in [1.82, 2.24) is 4.98 Å². The van der Waals surface area contributed by atoms with Crippen molar-refractivity contribution in [3.63, 3.8) is 0 Å². The molecule has 6 heteroatoms. The number of hydrogen-bond donors (Lipinski definition) is 3. The lowest BCUT2D eigenvalue weighted by atomic mass is 10.1. The quantitative estimate of drug-likeness (QED) is 0.538. The number of aldehydes is 1. The summed E-state index contributed by atoms with van der Waals surface area (Å²) in [7, 11) is 0. The normalized spacial score (nSPS) is 14.3. The SMILES string of the molecule is NC(=O)C(O)C(O)c1cc(C=O)ccn1. The van der Waals surface area contributed by atoms with Gasteiger partial charge in [-0.25, -0.2) is 0 Å². The van der Waals surface area contributed by atoms with Crippen LogP contribution in [0.5, 0.6) is 0 Å². The van der Waals surface area contributed by atoms with E-state index in [2.05, 4.69) is 4.98 Å². The standard InChI is InChI=1S/C9H10N2O4/c10-9(15)8(14)7(13)6-3-5(4-12)1-2-11-6/h1-4,7-8,13-14H,(H2,10,15). The third-order valence-corrected chi connectivity index (χ3v) is 1.83. The molecule has 0 aliphatic carbocycles. The number of hydrogen-bond acceptors (Lipinski definition) is 5. The van der Waals surface area contributed by atoms with Gasteiger partial charge < -0.3 is 15.9 Å². The number of pyridine rings is 1. The van der Waals surface area contributed by atoms with Crippen molar-refractivity contribution in [3.8, 4) is 0 Å². The van der Waals surface area contributed by atoms with Gasteiger partial charge in [0.15, 0.2) is 6.10 Å². The van der Waals surface area contributed by atoms with Gasteiger partial charge in [0.05, 0.1) is 5.69 Å². The molecule has 1 aromatic heterocycles. The van der Waals surface area contributed by atoms with Crippen molar-refractivity contribution in [2.75, 3.05) is 0 Å². The molecule has 1 amide bonds. The van der Waals surface area contributed by atoms with Crippen molar-refractivity contribution < 1.29 is 19.8 Å². The minimum atomic E-state index is -1.74. The molecule has 0 aliphatic heterocycles. The highest BCUT2D eigenvalue weighted by atomic mass is 16.3. The van der Waals surface area contributed by atoms with Gasteiger partial charge in [-0.3, -0.25) is 14.6 Å². The number of primary amides is 1. The molecule has 0 bridgehead atoms. The monoisotopic (exact) mass is 210 g/mol. The summed E-state index contributed by atoms with van der Waals surface area (Å²) >= 11 is 0. The summed E-state index contributed by atoms with van der Waals surface area (Å²) in [5, 5.41) is 18.6. The molecule has 2 atom stereocenters. The second-order valence-corrected chi connectivity index (χ2v) is 2.92. The largest absolute Gasteiger partial charge is 0.384 e. The average molecular weight is 210 g/mol. The Morgan fingerprint density at radius 3 is 2.73 bits per heavy atom. The summed E-state index contributed by atoms with van der Waals surface area (Å²) in [5.74, 6) is -1.05. The maximum atomic E-state index is 10.6. The van der Waals surface area contributed by atoms with Gasteiger partial charge in [-0.1, -0.05) is 0 Å². The number of aliphatic hydroxyl groups is 2. The third kappa shape index (κ3) is 2.58. The molecular formula is C9H10N2O4. The summed E-state index contributed by atoms with van der Waals surface area (Å²) < 4.78 is 0. The van der Waals surface area contributed by atoms with Crippen LogP contribution in [0.2, 0.25) is 0 Å². The van der Waals surface area contributed by atoms with E-state index in [-0.39, 0.29) is 11.3 Å². The van der Waals surface area contributed by atoms with Gasteiger partial charge in [-0.2, -0.15) is 0 Å². The second kappa shape index (κ2) is 4.63. The van der Waals surface area contributed by atoms with Gasteiger partial charge in [0.2, 0.25) is 5.91 Å². The van der Waals surface area contributed by atoms with Gasteiger partial charge in [-0.05, 0) is 12.1 Å². The van der Waals surface area contributed by atoms with Gasteiger partial charge in [0, 0.05) is 11.8 Å². The van der Waals surface area contributed by atoms with E-state index >= 15 is 0 Å². The maximum Gasteiger partial charge on any atom is 0.249 e. The van der Waals surface area contributed by atoms with E-state index < -0.39 is 18.1 Å². The third-order valence-electron chi connectivity index (χ3n) is 1.83. The molecular weight excluding hydrogens is 200 g/mol. The van der Waals surface area contributed by atoms with Crippen LogP contribution in [-0.4, -0.2) is 33.5 Å². The van der Waals surface area contributed by atoms with E-state index in [4.69, 9.17) is 10.8 Å². The molecule has 1 heterocycles. The maximum absolute atomic E-state index is 10.6. The van der Waals surface area contributed by atoms with Gasteiger partial charge in [0.1, 0.15) is 12.4 Å². The Bertz CT molecular complexity index is 380. The molecule has 0 spiro atoms. The molecule has 0 fully saturated rings. The fraction of sp³-hybridized carbons (Fsp3) is 0.222.